The molecule has 16 heavy (non-hydrogen) atoms. The molecule has 0 unspecified atom stereocenters. The van der Waals surface area contributed by atoms with Crippen molar-refractivity contribution >= 4 is 17.3 Å². The third-order valence-corrected chi connectivity index (χ3v) is 2.63. The predicted octanol–water partition coefficient (Wildman–Crippen LogP) is 1.36. The molecule has 3 N–H and O–H groups in total. The number of nitrogens with two attached hydrogens (primary N) is 1. The molecule has 2 aromatic rings. The number of hydrogen-bond acceptors (Lipinski definition) is 3. The molecule has 2 aromatic heterocycles. The molecule has 0 bridgehead atoms. The second-order valence-corrected chi connectivity index (χ2v) is 3.67. The van der Waals surface area contributed by atoms with Crippen LogP contribution in [0.4, 0.5) is 5.69 Å². The number of aryl methyl sites for hydroxylation is 1. The zero-order valence-corrected chi connectivity index (χ0v) is 9.45. The van der Waals surface area contributed by atoms with Crippen LogP contribution in [0.25, 0.3) is 5.69 Å². The molecule has 2 rings (SSSR count). The summed E-state index contributed by atoms with van der Waals surface area (Å²) in [6, 6.07) is 3.41. The number of H-pyrrole nitrogens is 1. The number of anilines is 1. The van der Waals surface area contributed by atoms with E-state index in [1.54, 1.807) is 18.3 Å². The normalized spacial score (nSPS) is 10.6. The quantitative estimate of drug-likeness (QED) is 0.776. The van der Waals surface area contributed by atoms with Gasteiger partial charge in [-0.15, -0.1) is 0 Å². The lowest BCUT2D eigenvalue weighted by molar-refractivity contribution is 0.815. The van der Waals surface area contributed by atoms with Gasteiger partial charge in [0.05, 0.1) is 5.69 Å². The zero-order chi connectivity index (χ0) is 11.7. The summed E-state index contributed by atoms with van der Waals surface area (Å²) in [7, 11) is 0. The minimum atomic E-state index is -0.299. The van der Waals surface area contributed by atoms with Gasteiger partial charge in [0.15, 0.2) is 5.15 Å². The first-order valence-electron chi connectivity index (χ1n) is 4.85. The van der Waals surface area contributed by atoms with Gasteiger partial charge in [-0.2, -0.15) is 0 Å². The predicted molar refractivity (Wildman–Crippen MR) is 63.0 cm³/mol. The molecule has 0 radical (unpaired) electrons. The van der Waals surface area contributed by atoms with E-state index in [9.17, 15) is 4.79 Å². The number of nitrogens with one attached hydrogen (secondary N) is 1. The van der Waals surface area contributed by atoms with Crippen LogP contribution in [0.1, 0.15) is 12.6 Å². The van der Waals surface area contributed by atoms with Gasteiger partial charge in [-0.25, -0.2) is 9.67 Å². The van der Waals surface area contributed by atoms with Crippen LogP contribution < -0.4 is 11.3 Å². The Morgan fingerprint density at radius 2 is 2.38 bits per heavy atom. The summed E-state index contributed by atoms with van der Waals surface area (Å²) in [5.74, 6) is 0. The first-order valence-corrected chi connectivity index (χ1v) is 5.23. The van der Waals surface area contributed by atoms with Crippen molar-refractivity contribution in [2.75, 3.05) is 5.73 Å². The maximum Gasteiger partial charge on any atom is 0.294 e. The molecule has 0 aliphatic rings. The summed E-state index contributed by atoms with van der Waals surface area (Å²) in [5.41, 5.74) is 6.80. The van der Waals surface area contributed by atoms with Crippen molar-refractivity contribution in [3.05, 3.63) is 39.5 Å². The summed E-state index contributed by atoms with van der Waals surface area (Å²) >= 11 is 5.90. The summed E-state index contributed by atoms with van der Waals surface area (Å²) in [6.45, 7) is 1.91. The average molecular weight is 239 g/mol. The molecule has 84 valence electrons. The number of pyridine rings is 1. The number of aromatic nitrogens is 3. The van der Waals surface area contributed by atoms with E-state index in [0.29, 0.717) is 17.8 Å². The minimum Gasteiger partial charge on any atom is -0.393 e. The van der Waals surface area contributed by atoms with Gasteiger partial charge in [0.1, 0.15) is 11.4 Å². The number of aromatic amines is 1. The van der Waals surface area contributed by atoms with E-state index < -0.39 is 0 Å². The molecule has 5 nitrogen and oxygen atoms in total. The molecule has 0 amide bonds. The highest BCUT2D eigenvalue weighted by Gasteiger charge is 2.12. The molecular weight excluding hydrogens is 228 g/mol. The largest absolute Gasteiger partial charge is 0.393 e. The Hall–Kier alpha value is -1.75. The van der Waals surface area contributed by atoms with Crippen molar-refractivity contribution in [1.29, 1.82) is 0 Å². The Bertz CT molecular complexity index is 572. The van der Waals surface area contributed by atoms with Gasteiger partial charge in [-0.05, 0) is 18.6 Å². The van der Waals surface area contributed by atoms with Crippen molar-refractivity contribution in [3.8, 4) is 5.69 Å². The molecule has 0 fully saturated rings. The fraction of sp³-hybridized carbons (Fsp3) is 0.200. The Labute approximate surface area is 96.8 Å². The smallest absolute Gasteiger partial charge is 0.294 e. The molecule has 2 heterocycles. The summed E-state index contributed by atoms with van der Waals surface area (Å²) < 4.78 is 1.31. The van der Waals surface area contributed by atoms with Crippen LogP contribution in [0, 0.1) is 0 Å². The maximum absolute atomic E-state index is 11.8. The van der Waals surface area contributed by atoms with E-state index in [-0.39, 0.29) is 16.4 Å². The number of nitrogens with zero attached hydrogens (tertiary/aromatic N) is 2. The monoisotopic (exact) mass is 238 g/mol. The molecule has 0 atom stereocenters. The SMILES string of the molecule is CCc1[nH]n(-c2cccnc2Cl)c(=O)c1N. The van der Waals surface area contributed by atoms with E-state index in [1.807, 2.05) is 6.92 Å². The van der Waals surface area contributed by atoms with E-state index in [1.165, 1.54) is 4.68 Å². The lowest BCUT2D eigenvalue weighted by Crippen LogP contribution is -2.17. The summed E-state index contributed by atoms with van der Waals surface area (Å²) in [5, 5.41) is 3.17. The molecule has 0 aromatic carbocycles. The third-order valence-electron chi connectivity index (χ3n) is 2.34. The first-order chi connectivity index (χ1) is 7.65. The second-order valence-electron chi connectivity index (χ2n) is 3.31. The van der Waals surface area contributed by atoms with Crippen LogP contribution in [-0.2, 0) is 6.42 Å². The van der Waals surface area contributed by atoms with Crippen LogP contribution in [0.2, 0.25) is 5.15 Å². The molecular formula is C10H11ClN4O. The summed E-state index contributed by atoms with van der Waals surface area (Å²) in [6.07, 6.45) is 2.22. The molecule has 0 spiro atoms. The van der Waals surface area contributed by atoms with Crippen molar-refractivity contribution in [3.63, 3.8) is 0 Å². The Morgan fingerprint density at radius 1 is 1.62 bits per heavy atom. The number of nitrogen functional groups attached to an aromatic ring is 1. The molecule has 0 aliphatic heterocycles. The van der Waals surface area contributed by atoms with Gasteiger partial charge in [-0.1, -0.05) is 18.5 Å². The van der Waals surface area contributed by atoms with Crippen LogP contribution in [-0.4, -0.2) is 14.8 Å². The van der Waals surface area contributed by atoms with Crippen LogP contribution in [0.15, 0.2) is 23.1 Å². The van der Waals surface area contributed by atoms with Gasteiger partial charge in [0.2, 0.25) is 0 Å². The summed E-state index contributed by atoms with van der Waals surface area (Å²) in [4.78, 5) is 15.7. The Balaban J connectivity index is 2.66. The number of rotatable bonds is 2. The van der Waals surface area contributed by atoms with Gasteiger partial charge in [0, 0.05) is 6.20 Å². The highest BCUT2D eigenvalue weighted by atomic mass is 35.5. The first kappa shape index (κ1) is 10.8. The van der Waals surface area contributed by atoms with Crippen LogP contribution in [0.5, 0.6) is 0 Å². The third kappa shape index (κ3) is 1.59. The van der Waals surface area contributed by atoms with E-state index in [0.717, 1.165) is 0 Å². The maximum atomic E-state index is 11.8. The van der Waals surface area contributed by atoms with Crippen molar-refractivity contribution < 1.29 is 0 Å². The Morgan fingerprint density at radius 3 is 2.94 bits per heavy atom. The van der Waals surface area contributed by atoms with E-state index in [4.69, 9.17) is 17.3 Å². The van der Waals surface area contributed by atoms with Crippen LogP contribution >= 0.6 is 11.6 Å². The highest BCUT2D eigenvalue weighted by Crippen LogP contribution is 2.16. The van der Waals surface area contributed by atoms with Crippen molar-refractivity contribution in [2.45, 2.75) is 13.3 Å². The fourth-order valence-electron chi connectivity index (χ4n) is 1.48. The van der Waals surface area contributed by atoms with Gasteiger partial charge >= 0.3 is 0 Å². The molecule has 0 aliphatic carbocycles. The number of halogens is 1. The lowest BCUT2D eigenvalue weighted by Gasteiger charge is -2.02. The van der Waals surface area contributed by atoms with Crippen molar-refractivity contribution in [1.82, 2.24) is 14.8 Å². The Kier molecular flexibility index (Phi) is 2.70. The average Bonchev–Trinajstić information content (AvgIpc) is 2.57. The second kappa shape index (κ2) is 4.02. The molecule has 6 heteroatoms. The zero-order valence-electron chi connectivity index (χ0n) is 8.70. The van der Waals surface area contributed by atoms with Gasteiger partial charge in [0.25, 0.3) is 5.56 Å². The fourth-order valence-corrected chi connectivity index (χ4v) is 1.68. The minimum absolute atomic E-state index is 0.224. The van der Waals surface area contributed by atoms with Gasteiger partial charge in [-0.3, -0.25) is 9.89 Å². The van der Waals surface area contributed by atoms with E-state index >= 15 is 0 Å². The number of hydrogen-bond donors (Lipinski definition) is 2. The lowest BCUT2D eigenvalue weighted by atomic mass is 10.3. The standard InChI is InChI=1S/C10H11ClN4O/c1-2-6-8(12)10(16)15(14-6)7-4-3-5-13-9(7)11/h3-5,14H,2,12H2,1H3. The topological polar surface area (TPSA) is 76.7 Å². The van der Waals surface area contributed by atoms with E-state index in [2.05, 4.69) is 10.1 Å². The van der Waals surface area contributed by atoms with Crippen LogP contribution in [0.3, 0.4) is 0 Å². The molecule has 0 saturated heterocycles. The molecule has 0 saturated carbocycles. The van der Waals surface area contributed by atoms with Gasteiger partial charge < -0.3 is 5.73 Å². The van der Waals surface area contributed by atoms with Crippen molar-refractivity contribution in [2.24, 2.45) is 0 Å². The highest BCUT2D eigenvalue weighted by molar-refractivity contribution is 6.31.